The zero-order valence-corrected chi connectivity index (χ0v) is 11.6. The van der Waals surface area contributed by atoms with E-state index >= 15 is 0 Å². The Hall–Kier alpha value is -0.570. The maximum absolute atomic E-state index is 11.8. The standard InChI is InChI=1S/C14H28N2O/c1-13(2,3)12(17)16-10-9-14(11-15)7-5-4-6-8-14/h4-11,15H2,1-3H3,(H,16,17). The summed E-state index contributed by atoms with van der Waals surface area (Å²) in [5.74, 6) is 0.139. The zero-order chi connectivity index (χ0) is 12.9. The quantitative estimate of drug-likeness (QED) is 0.793. The molecule has 0 aromatic carbocycles. The second kappa shape index (κ2) is 5.85. The molecule has 0 radical (unpaired) electrons. The predicted molar refractivity (Wildman–Crippen MR) is 71.7 cm³/mol. The van der Waals surface area contributed by atoms with E-state index in [4.69, 9.17) is 5.73 Å². The highest BCUT2D eigenvalue weighted by Gasteiger charge is 2.30. The van der Waals surface area contributed by atoms with Gasteiger partial charge in [-0.2, -0.15) is 0 Å². The number of amides is 1. The molecule has 0 spiro atoms. The van der Waals surface area contributed by atoms with Gasteiger partial charge < -0.3 is 11.1 Å². The van der Waals surface area contributed by atoms with Crippen LogP contribution in [-0.4, -0.2) is 19.0 Å². The van der Waals surface area contributed by atoms with Crippen molar-refractivity contribution in [3.8, 4) is 0 Å². The molecule has 0 bridgehead atoms. The van der Waals surface area contributed by atoms with Crippen LogP contribution >= 0.6 is 0 Å². The van der Waals surface area contributed by atoms with Gasteiger partial charge in [0, 0.05) is 12.0 Å². The Bertz CT molecular complexity index is 249. The van der Waals surface area contributed by atoms with Crippen molar-refractivity contribution in [2.24, 2.45) is 16.6 Å². The summed E-state index contributed by atoms with van der Waals surface area (Å²) in [6.07, 6.45) is 7.43. The topological polar surface area (TPSA) is 55.1 Å². The average molecular weight is 240 g/mol. The number of nitrogens with two attached hydrogens (primary N) is 1. The minimum Gasteiger partial charge on any atom is -0.356 e. The van der Waals surface area contributed by atoms with Gasteiger partial charge in [-0.1, -0.05) is 40.0 Å². The van der Waals surface area contributed by atoms with Crippen molar-refractivity contribution < 1.29 is 4.79 Å². The highest BCUT2D eigenvalue weighted by Crippen LogP contribution is 2.37. The second-order valence-corrected chi connectivity index (χ2v) is 6.52. The molecular formula is C14H28N2O. The van der Waals surface area contributed by atoms with Crippen molar-refractivity contribution in [2.75, 3.05) is 13.1 Å². The Kier molecular flexibility index (Phi) is 4.99. The number of carbonyl (C=O) groups is 1. The maximum Gasteiger partial charge on any atom is 0.225 e. The van der Waals surface area contributed by atoms with Gasteiger partial charge in [-0.15, -0.1) is 0 Å². The van der Waals surface area contributed by atoms with Gasteiger partial charge in [0.1, 0.15) is 0 Å². The van der Waals surface area contributed by atoms with E-state index in [1.807, 2.05) is 20.8 Å². The number of hydrogen-bond donors (Lipinski definition) is 2. The fraction of sp³-hybridized carbons (Fsp3) is 0.929. The van der Waals surface area contributed by atoms with Crippen molar-refractivity contribution in [1.29, 1.82) is 0 Å². The number of carbonyl (C=O) groups excluding carboxylic acids is 1. The van der Waals surface area contributed by atoms with E-state index < -0.39 is 0 Å². The average Bonchev–Trinajstić information content (AvgIpc) is 2.29. The van der Waals surface area contributed by atoms with E-state index in [-0.39, 0.29) is 11.3 Å². The summed E-state index contributed by atoms with van der Waals surface area (Å²) in [4.78, 5) is 11.8. The van der Waals surface area contributed by atoms with Crippen molar-refractivity contribution in [3.05, 3.63) is 0 Å². The second-order valence-electron chi connectivity index (χ2n) is 6.52. The SMILES string of the molecule is CC(C)(C)C(=O)NCCC1(CN)CCCCC1. The van der Waals surface area contributed by atoms with Crippen LogP contribution < -0.4 is 11.1 Å². The molecule has 3 heteroatoms. The molecule has 0 aromatic heterocycles. The molecule has 1 fully saturated rings. The highest BCUT2D eigenvalue weighted by molar-refractivity contribution is 5.81. The van der Waals surface area contributed by atoms with E-state index in [1.165, 1.54) is 32.1 Å². The summed E-state index contributed by atoms with van der Waals surface area (Å²) in [6.45, 7) is 7.37. The molecule has 0 atom stereocenters. The van der Waals surface area contributed by atoms with Gasteiger partial charge in [0.25, 0.3) is 0 Å². The molecule has 1 rings (SSSR count). The first kappa shape index (κ1) is 14.5. The van der Waals surface area contributed by atoms with Gasteiger partial charge in [0.15, 0.2) is 0 Å². The first-order chi connectivity index (χ1) is 7.90. The van der Waals surface area contributed by atoms with Crippen LogP contribution in [0, 0.1) is 10.8 Å². The lowest BCUT2D eigenvalue weighted by Gasteiger charge is -2.36. The molecule has 0 aromatic rings. The Morgan fingerprint density at radius 1 is 1.24 bits per heavy atom. The largest absolute Gasteiger partial charge is 0.356 e. The molecular weight excluding hydrogens is 212 g/mol. The van der Waals surface area contributed by atoms with Crippen LogP contribution in [0.15, 0.2) is 0 Å². The third kappa shape index (κ3) is 4.30. The maximum atomic E-state index is 11.8. The monoisotopic (exact) mass is 240 g/mol. The van der Waals surface area contributed by atoms with Crippen LogP contribution in [0.5, 0.6) is 0 Å². The van der Waals surface area contributed by atoms with Crippen LogP contribution in [0.1, 0.15) is 59.3 Å². The summed E-state index contributed by atoms with van der Waals surface area (Å²) < 4.78 is 0. The summed E-state index contributed by atoms with van der Waals surface area (Å²) in [6, 6.07) is 0. The van der Waals surface area contributed by atoms with Crippen LogP contribution in [0.4, 0.5) is 0 Å². The van der Waals surface area contributed by atoms with Crippen molar-refractivity contribution in [1.82, 2.24) is 5.32 Å². The minimum absolute atomic E-state index is 0.139. The fourth-order valence-corrected chi connectivity index (χ4v) is 2.56. The van der Waals surface area contributed by atoms with Crippen molar-refractivity contribution in [2.45, 2.75) is 59.3 Å². The predicted octanol–water partition coefficient (Wildman–Crippen LogP) is 2.45. The van der Waals surface area contributed by atoms with Crippen molar-refractivity contribution >= 4 is 5.91 Å². The lowest BCUT2D eigenvalue weighted by Crippen LogP contribution is -2.40. The molecule has 0 unspecified atom stereocenters. The van der Waals surface area contributed by atoms with Crippen LogP contribution in [0.2, 0.25) is 0 Å². The highest BCUT2D eigenvalue weighted by atomic mass is 16.2. The molecule has 3 N–H and O–H groups in total. The summed E-state index contributed by atoms with van der Waals surface area (Å²) in [5.41, 5.74) is 5.93. The Labute approximate surface area is 106 Å². The minimum atomic E-state index is -0.289. The first-order valence-electron chi connectivity index (χ1n) is 6.88. The van der Waals surface area contributed by atoms with Crippen LogP contribution in [-0.2, 0) is 4.79 Å². The van der Waals surface area contributed by atoms with Gasteiger partial charge in [-0.3, -0.25) is 4.79 Å². The van der Waals surface area contributed by atoms with E-state index in [9.17, 15) is 4.79 Å². The molecule has 1 amide bonds. The molecule has 0 heterocycles. The Balaban J connectivity index is 2.36. The van der Waals surface area contributed by atoms with Crippen LogP contribution in [0.3, 0.4) is 0 Å². The van der Waals surface area contributed by atoms with E-state index in [1.54, 1.807) is 0 Å². The van der Waals surface area contributed by atoms with Gasteiger partial charge in [-0.25, -0.2) is 0 Å². The molecule has 17 heavy (non-hydrogen) atoms. The van der Waals surface area contributed by atoms with Gasteiger partial charge in [0.2, 0.25) is 5.91 Å². The van der Waals surface area contributed by atoms with Crippen LogP contribution in [0.25, 0.3) is 0 Å². The van der Waals surface area contributed by atoms with E-state index in [2.05, 4.69) is 5.32 Å². The summed E-state index contributed by atoms with van der Waals surface area (Å²) in [7, 11) is 0. The molecule has 0 saturated heterocycles. The third-order valence-corrected chi connectivity index (χ3v) is 3.97. The first-order valence-corrected chi connectivity index (χ1v) is 6.88. The zero-order valence-electron chi connectivity index (χ0n) is 11.6. The molecule has 1 saturated carbocycles. The molecule has 1 aliphatic rings. The number of hydrogen-bond acceptors (Lipinski definition) is 2. The van der Waals surface area contributed by atoms with Gasteiger partial charge in [0.05, 0.1) is 0 Å². The molecule has 100 valence electrons. The Morgan fingerprint density at radius 2 is 1.82 bits per heavy atom. The lowest BCUT2D eigenvalue weighted by atomic mass is 9.72. The van der Waals surface area contributed by atoms with E-state index in [0.29, 0.717) is 5.41 Å². The fourth-order valence-electron chi connectivity index (χ4n) is 2.56. The number of nitrogens with one attached hydrogen (secondary N) is 1. The molecule has 1 aliphatic carbocycles. The summed E-state index contributed by atoms with van der Waals surface area (Å²) >= 11 is 0. The molecule has 3 nitrogen and oxygen atoms in total. The third-order valence-electron chi connectivity index (χ3n) is 3.97. The van der Waals surface area contributed by atoms with E-state index in [0.717, 1.165) is 19.5 Å². The molecule has 0 aliphatic heterocycles. The smallest absolute Gasteiger partial charge is 0.225 e. The van der Waals surface area contributed by atoms with Gasteiger partial charge >= 0.3 is 0 Å². The normalized spacial score (nSPS) is 20.0. The van der Waals surface area contributed by atoms with Crippen molar-refractivity contribution in [3.63, 3.8) is 0 Å². The number of rotatable bonds is 4. The van der Waals surface area contributed by atoms with Gasteiger partial charge in [-0.05, 0) is 31.2 Å². The lowest BCUT2D eigenvalue weighted by molar-refractivity contribution is -0.128. The summed E-state index contributed by atoms with van der Waals surface area (Å²) in [5, 5.41) is 3.03. The Morgan fingerprint density at radius 3 is 2.29 bits per heavy atom.